The van der Waals surface area contributed by atoms with E-state index in [1.54, 1.807) is 12.4 Å². The first-order valence-corrected chi connectivity index (χ1v) is 10.6. The Hall–Kier alpha value is -3.09. The molecule has 2 fully saturated rings. The molecule has 0 bridgehead atoms. The van der Waals surface area contributed by atoms with Gasteiger partial charge in [-0.2, -0.15) is 0 Å². The number of pyridine rings is 2. The van der Waals surface area contributed by atoms with Crippen LogP contribution in [-0.4, -0.2) is 53.5 Å². The molecule has 158 valence electrons. The van der Waals surface area contributed by atoms with Gasteiger partial charge in [0.2, 0.25) is 5.91 Å². The molecule has 1 atom stereocenters. The van der Waals surface area contributed by atoms with Gasteiger partial charge in [-0.1, -0.05) is 6.58 Å². The maximum atomic E-state index is 12.9. The van der Waals surface area contributed by atoms with Crippen molar-refractivity contribution >= 4 is 17.4 Å². The highest BCUT2D eigenvalue weighted by Gasteiger charge is 2.33. The number of aromatic amines is 1. The average molecular weight is 408 g/mol. The minimum Gasteiger partial charge on any atom is -0.373 e. The Morgan fingerprint density at radius 1 is 1.37 bits per heavy atom. The predicted octanol–water partition coefficient (Wildman–Crippen LogP) is 2.87. The molecule has 1 amide bonds. The molecule has 2 N–H and O–H groups in total. The minimum absolute atomic E-state index is 0.0369. The van der Waals surface area contributed by atoms with Gasteiger partial charge < -0.3 is 20.1 Å². The van der Waals surface area contributed by atoms with Crippen LogP contribution in [0.25, 0.3) is 11.1 Å². The van der Waals surface area contributed by atoms with Gasteiger partial charge in [0, 0.05) is 50.7 Å². The van der Waals surface area contributed by atoms with Crippen LogP contribution in [0.2, 0.25) is 0 Å². The third-order valence-electron chi connectivity index (χ3n) is 6.02. The van der Waals surface area contributed by atoms with E-state index in [0.29, 0.717) is 18.2 Å². The van der Waals surface area contributed by atoms with E-state index in [4.69, 9.17) is 0 Å². The van der Waals surface area contributed by atoms with Gasteiger partial charge in [-0.15, -0.1) is 0 Å². The highest BCUT2D eigenvalue weighted by Crippen LogP contribution is 2.34. The Kier molecular flexibility index (Phi) is 5.88. The lowest BCUT2D eigenvalue weighted by molar-refractivity contribution is -0.127. The van der Waals surface area contributed by atoms with Gasteiger partial charge in [-0.3, -0.25) is 9.59 Å². The number of carbonyl (C=O) groups excluding carboxylic acids is 1. The van der Waals surface area contributed by atoms with Gasteiger partial charge in [0.25, 0.3) is 5.56 Å². The summed E-state index contributed by atoms with van der Waals surface area (Å²) in [6, 6.07) is 6.01. The Morgan fingerprint density at radius 3 is 2.93 bits per heavy atom. The predicted molar refractivity (Wildman–Crippen MR) is 120 cm³/mol. The zero-order valence-electron chi connectivity index (χ0n) is 17.4. The lowest BCUT2D eigenvalue weighted by atomic mass is 10.0. The number of hydrogen-bond acceptors (Lipinski definition) is 5. The second kappa shape index (κ2) is 8.73. The fraction of sp³-hybridized carbons (Fsp3) is 0.435. The molecular weight excluding hydrogens is 378 g/mol. The number of H-pyrrole nitrogens is 1. The largest absolute Gasteiger partial charge is 0.373 e. The molecule has 2 aromatic rings. The van der Waals surface area contributed by atoms with E-state index < -0.39 is 0 Å². The number of nitrogens with one attached hydrogen (secondary N) is 2. The second-order valence-corrected chi connectivity index (χ2v) is 8.16. The first-order valence-electron chi connectivity index (χ1n) is 10.6. The van der Waals surface area contributed by atoms with Crippen molar-refractivity contribution in [2.24, 2.45) is 5.92 Å². The Balaban J connectivity index is 1.67. The molecule has 0 radical (unpaired) electrons. The van der Waals surface area contributed by atoms with Gasteiger partial charge in [0.15, 0.2) is 0 Å². The summed E-state index contributed by atoms with van der Waals surface area (Å²) < 4.78 is 0. The summed E-state index contributed by atoms with van der Waals surface area (Å²) in [5, 5.41) is 3.05. The van der Waals surface area contributed by atoms with Gasteiger partial charge >= 0.3 is 0 Å². The van der Waals surface area contributed by atoms with Crippen molar-refractivity contribution in [1.29, 1.82) is 0 Å². The van der Waals surface area contributed by atoms with Gasteiger partial charge in [-0.05, 0) is 61.4 Å². The molecule has 3 heterocycles. The van der Waals surface area contributed by atoms with Crippen molar-refractivity contribution in [3.63, 3.8) is 0 Å². The molecule has 1 saturated heterocycles. The number of aromatic nitrogens is 2. The minimum atomic E-state index is -0.0885. The molecular formula is C23H29N5O2. The molecule has 1 aliphatic heterocycles. The topological polar surface area (TPSA) is 81.3 Å². The van der Waals surface area contributed by atoms with Gasteiger partial charge in [0.05, 0.1) is 0 Å². The normalized spacial score (nSPS) is 18.7. The molecule has 4 rings (SSSR count). The average Bonchev–Trinajstić information content (AvgIpc) is 3.62. The number of anilines is 2. The molecule has 2 aromatic heterocycles. The summed E-state index contributed by atoms with van der Waals surface area (Å²) in [5.41, 5.74) is 2.53. The number of carbonyl (C=O) groups is 1. The summed E-state index contributed by atoms with van der Waals surface area (Å²) >= 11 is 0. The van der Waals surface area contributed by atoms with Crippen molar-refractivity contribution in [2.75, 3.05) is 36.9 Å². The highest BCUT2D eigenvalue weighted by atomic mass is 16.2. The maximum Gasteiger partial charge on any atom is 0.271 e. The van der Waals surface area contributed by atoms with E-state index in [-0.39, 0.29) is 17.5 Å². The number of amides is 1. The van der Waals surface area contributed by atoms with Gasteiger partial charge in [0.1, 0.15) is 11.5 Å². The van der Waals surface area contributed by atoms with Crippen molar-refractivity contribution in [3.8, 4) is 11.1 Å². The van der Waals surface area contributed by atoms with Crippen molar-refractivity contribution < 1.29 is 4.79 Å². The molecule has 0 aromatic carbocycles. The van der Waals surface area contributed by atoms with E-state index in [0.717, 1.165) is 42.9 Å². The summed E-state index contributed by atoms with van der Waals surface area (Å²) in [5.74, 6) is 1.36. The van der Waals surface area contributed by atoms with E-state index in [2.05, 4.69) is 26.8 Å². The molecule has 0 unspecified atom stereocenters. The van der Waals surface area contributed by atoms with Crippen LogP contribution < -0.4 is 15.8 Å². The smallest absolute Gasteiger partial charge is 0.271 e. The van der Waals surface area contributed by atoms with E-state index in [9.17, 15) is 9.59 Å². The third kappa shape index (κ3) is 4.40. The molecule has 0 spiro atoms. The van der Waals surface area contributed by atoms with Crippen molar-refractivity contribution in [1.82, 2.24) is 14.9 Å². The Morgan fingerprint density at radius 2 is 2.20 bits per heavy atom. The Labute approximate surface area is 176 Å². The summed E-state index contributed by atoms with van der Waals surface area (Å²) in [6.45, 7) is 5.85. The number of likely N-dealkylation sites (tertiary alicyclic amines) is 1. The van der Waals surface area contributed by atoms with E-state index in [1.165, 1.54) is 18.9 Å². The highest BCUT2D eigenvalue weighted by molar-refractivity contribution is 5.87. The molecule has 7 heteroatoms. The molecule has 1 saturated carbocycles. The lowest BCUT2D eigenvalue weighted by Crippen LogP contribution is -2.51. The van der Waals surface area contributed by atoms with Crippen molar-refractivity contribution in [3.05, 3.63) is 53.6 Å². The second-order valence-electron chi connectivity index (χ2n) is 8.16. The quantitative estimate of drug-likeness (QED) is 0.690. The number of hydrogen-bond donors (Lipinski definition) is 2. The van der Waals surface area contributed by atoms with Crippen LogP contribution >= 0.6 is 0 Å². The van der Waals surface area contributed by atoms with Gasteiger partial charge in [-0.25, -0.2) is 4.98 Å². The summed E-state index contributed by atoms with van der Waals surface area (Å²) in [6.07, 6.45) is 9.19. The monoisotopic (exact) mass is 407 g/mol. The molecule has 2 aliphatic rings. The first-order chi connectivity index (χ1) is 14.6. The van der Waals surface area contributed by atoms with Crippen LogP contribution in [0.3, 0.4) is 0 Å². The zero-order valence-corrected chi connectivity index (χ0v) is 17.4. The first kappa shape index (κ1) is 20.2. The van der Waals surface area contributed by atoms with E-state index >= 15 is 0 Å². The fourth-order valence-corrected chi connectivity index (χ4v) is 4.16. The number of nitrogens with zero attached hydrogens (tertiary/aromatic N) is 3. The van der Waals surface area contributed by atoms with E-state index in [1.807, 2.05) is 30.1 Å². The summed E-state index contributed by atoms with van der Waals surface area (Å²) in [4.78, 5) is 36.3. The standard InChI is InChI=1S/C23H29N5O2/c1-3-22(29)27-10-4-5-19(15-27)28(14-16-6-7-16)20-11-18(13-26-23(20)30)17-8-9-25-21(12-17)24-2/h3,8-9,11-13,16,19H,1,4-7,10,14-15H2,2H3,(H,24,25)(H,26,30)/t19-/m1/s1. The van der Waals surface area contributed by atoms with Crippen LogP contribution in [0.15, 0.2) is 48.0 Å². The third-order valence-corrected chi connectivity index (χ3v) is 6.02. The molecule has 1 aliphatic carbocycles. The van der Waals surface area contributed by atoms with Crippen LogP contribution in [0.5, 0.6) is 0 Å². The number of piperidine rings is 1. The lowest BCUT2D eigenvalue weighted by Gasteiger charge is -2.40. The number of rotatable bonds is 7. The fourth-order valence-electron chi connectivity index (χ4n) is 4.16. The zero-order chi connectivity index (χ0) is 21.1. The van der Waals surface area contributed by atoms with Crippen LogP contribution in [0, 0.1) is 5.92 Å². The maximum absolute atomic E-state index is 12.9. The molecule has 30 heavy (non-hydrogen) atoms. The Bertz CT molecular complexity index is 982. The van der Waals surface area contributed by atoms with Crippen LogP contribution in [0.4, 0.5) is 11.5 Å². The van der Waals surface area contributed by atoms with Crippen LogP contribution in [-0.2, 0) is 4.79 Å². The van der Waals surface area contributed by atoms with Crippen LogP contribution in [0.1, 0.15) is 25.7 Å². The SMILES string of the molecule is C=CC(=O)N1CCC[C@@H](N(CC2CC2)c2cc(-c3ccnc(NC)c3)c[nH]c2=O)C1. The summed E-state index contributed by atoms with van der Waals surface area (Å²) in [7, 11) is 1.83. The molecule has 7 nitrogen and oxygen atoms in total. The van der Waals surface area contributed by atoms with Crippen molar-refractivity contribution in [2.45, 2.75) is 31.7 Å².